The fourth-order valence-electron chi connectivity index (χ4n) is 4.76. The third kappa shape index (κ3) is 5.12. The van der Waals surface area contributed by atoms with Crippen LogP contribution in [0.3, 0.4) is 0 Å². The molecule has 0 N–H and O–H groups in total. The highest BCUT2D eigenvalue weighted by molar-refractivity contribution is 5.75. The maximum Gasteiger partial charge on any atom is 0.156 e. The third-order valence-corrected chi connectivity index (χ3v) is 6.65. The number of allylic oxidation sites excluding steroid dienone is 6. The van der Waals surface area contributed by atoms with Gasteiger partial charge >= 0.3 is 0 Å². The molecule has 1 aliphatic heterocycles. The Hall–Kier alpha value is -3.70. The fourth-order valence-corrected chi connectivity index (χ4v) is 4.76. The molecule has 0 atom stereocenters. The quantitative estimate of drug-likeness (QED) is 0.372. The van der Waals surface area contributed by atoms with E-state index < -0.39 is 0 Å². The van der Waals surface area contributed by atoms with E-state index in [1.165, 1.54) is 22.4 Å². The van der Waals surface area contributed by atoms with Crippen LogP contribution < -0.4 is 4.90 Å². The summed E-state index contributed by atoms with van der Waals surface area (Å²) in [4.78, 5) is 7.49. The lowest BCUT2D eigenvalue weighted by atomic mass is 10.0. The van der Waals surface area contributed by atoms with E-state index in [2.05, 4.69) is 93.0 Å². The Bertz CT molecular complexity index is 1350. The summed E-state index contributed by atoms with van der Waals surface area (Å²) in [5, 5.41) is 4.88. The molecular formula is C31H34N4O. The first-order chi connectivity index (χ1) is 17.5. The standard InChI is InChI=1S/C31H34N4O/c1-5-24(10-6-8-22(2)3)26-19-27-29(20-26)32-31(21-30(27)34-14-16-36-17-15-34)35-13-12-28(33-35)25-11-7-9-23(4)18-25/h5-13,18,20-22H,1,14-17,19H2,2-4H3/b8-6-,24-10+. The van der Waals surface area contributed by atoms with Gasteiger partial charge in [-0.25, -0.2) is 9.67 Å². The summed E-state index contributed by atoms with van der Waals surface area (Å²) >= 11 is 0. The lowest BCUT2D eigenvalue weighted by Crippen LogP contribution is -2.37. The van der Waals surface area contributed by atoms with Crippen molar-refractivity contribution in [2.45, 2.75) is 27.2 Å². The lowest BCUT2D eigenvalue weighted by molar-refractivity contribution is 0.122. The summed E-state index contributed by atoms with van der Waals surface area (Å²) in [7, 11) is 0. The number of fused-ring (bicyclic) bond motifs is 1. The first-order valence-electron chi connectivity index (χ1n) is 12.7. The third-order valence-electron chi connectivity index (χ3n) is 6.65. The summed E-state index contributed by atoms with van der Waals surface area (Å²) in [6, 6.07) is 12.7. The van der Waals surface area contributed by atoms with Gasteiger partial charge < -0.3 is 9.64 Å². The van der Waals surface area contributed by atoms with E-state index in [0.29, 0.717) is 5.92 Å². The summed E-state index contributed by atoms with van der Waals surface area (Å²) in [6.07, 6.45) is 13.5. The van der Waals surface area contributed by atoms with E-state index in [9.17, 15) is 0 Å². The van der Waals surface area contributed by atoms with Gasteiger partial charge in [0.2, 0.25) is 0 Å². The zero-order chi connectivity index (χ0) is 25.1. The Morgan fingerprint density at radius 2 is 1.97 bits per heavy atom. The molecule has 184 valence electrons. The Morgan fingerprint density at radius 3 is 2.72 bits per heavy atom. The van der Waals surface area contributed by atoms with Gasteiger partial charge in [0.1, 0.15) is 0 Å². The van der Waals surface area contributed by atoms with Crippen LogP contribution in [0.1, 0.15) is 30.7 Å². The van der Waals surface area contributed by atoms with Crippen molar-refractivity contribution in [2.75, 3.05) is 31.2 Å². The molecule has 1 aromatic carbocycles. The lowest BCUT2D eigenvalue weighted by Gasteiger charge is -2.31. The van der Waals surface area contributed by atoms with Crippen LogP contribution >= 0.6 is 0 Å². The van der Waals surface area contributed by atoms with Gasteiger partial charge in [0.15, 0.2) is 5.82 Å². The first-order valence-corrected chi connectivity index (χ1v) is 12.7. The number of morpholine rings is 1. The van der Waals surface area contributed by atoms with Crippen molar-refractivity contribution >= 4 is 11.8 Å². The molecule has 3 aromatic rings. The van der Waals surface area contributed by atoms with E-state index in [1.807, 2.05) is 17.0 Å². The zero-order valence-corrected chi connectivity index (χ0v) is 21.4. The largest absolute Gasteiger partial charge is 0.378 e. The van der Waals surface area contributed by atoms with Crippen LogP contribution in [0.5, 0.6) is 0 Å². The molecule has 5 nitrogen and oxygen atoms in total. The van der Waals surface area contributed by atoms with Crippen LogP contribution in [-0.2, 0) is 11.2 Å². The maximum atomic E-state index is 5.64. The number of ether oxygens (including phenoxy) is 1. The fraction of sp³-hybridized carbons (Fsp3) is 0.290. The molecule has 1 saturated heterocycles. The summed E-state index contributed by atoms with van der Waals surface area (Å²) in [5.74, 6) is 1.34. The van der Waals surface area contributed by atoms with Gasteiger partial charge in [-0.2, -0.15) is 5.10 Å². The highest BCUT2D eigenvalue weighted by Gasteiger charge is 2.25. The van der Waals surface area contributed by atoms with Gasteiger partial charge in [-0.3, -0.25) is 0 Å². The van der Waals surface area contributed by atoms with Gasteiger partial charge in [0, 0.05) is 48.6 Å². The van der Waals surface area contributed by atoms with E-state index in [4.69, 9.17) is 14.8 Å². The number of aromatic nitrogens is 3. The van der Waals surface area contributed by atoms with Crippen molar-refractivity contribution in [3.63, 3.8) is 0 Å². The molecule has 2 aliphatic rings. The monoisotopic (exact) mass is 478 g/mol. The molecular weight excluding hydrogens is 444 g/mol. The second kappa shape index (κ2) is 10.5. The predicted molar refractivity (Wildman–Crippen MR) is 149 cm³/mol. The van der Waals surface area contributed by atoms with Crippen molar-refractivity contribution in [1.29, 1.82) is 0 Å². The molecule has 0 spiro atoms. The van der Waals surface area contributed by atoms with Crippen molar-refractivity contribution < 1.29 is 4.74 Å². The Morgan fingerprint density at radius 1 is 1.14 bits per heavy atom. The van der Waals surface area contributed by atoms with E-state index >= 15 is 0 Å². The SMILES string of the molecule is C=C/C(=C\C=C/C(C)C)C1=Cc2nc(-n3ccc(-c4cccc(C)c4)n3)cc(N3CCOCC3)c2C1. The highest BCUT2D eigenvalue weighted by Crippen LogP contribution is 2.37. The van der Waals surface area contributed by atoms with Crippen LogP contribution in [0, 0.1) is 12.8 Å². The second-order valence-corrected chi connectivity index (χ2v) is 9.78. The molecule has 5 heteroatoms. The van der Waals surface area contributed by atoms with Gasteiger partial charge in [-0.05, 0) is 42.2 Å². The molecule has 0 unspecified atom stereocenters. The van der Waals surface area contributed by atoms with Crippen LogP contribution in [0.15, 0.2) is 84.6 Å². The Labute approximate surface area is 214 Å². The van der Waals surface area contributed by atoms with Crippen molar-refractivity contribution in [1.82, 2.24) is 14.8 Å². The molecule has 0 bridgehead atoms. The van der Waals surface area contributed by atoms with Crippen molar-refractivity contribution in [3.8, 4) is 17.1 Å². The van der Waals surface area contributed by atoms with Crippen LogP contribution in [-0.4, -0.2) is 41.1 Å². The van der Waals surface area contributed by atoms with Crippen molar-refractivity contribution in [3.05, 3.63) is 101 Å². The summed E-state index contributed by atoms with van der Waals surface area (Å²) < 4.78 is 7.53. The van der Waals surface area contributed by atoms with Gasteiger partial charge in [-0.1, -0.05) is 68.5 Å². The van der Waals surface area contributed by atoms with E-state index in [-0.39, 0.29) is 0 Å². The highest BCUT2D eigenvalue weighted by atomic mass is 16.5. The molecule has 1 aliphatic carbocycles. The van der Waals surface area contributed by atoms with E-state index in [0.717, 1.165) is 61.1 Å². The Balaban J connectivity index is 1.54. The molecule has 0 radical (unpaired) electrons. The topological polar surface area (TPSA) is 43.2 Å². The first kappa shape index (κ1) is 24.0. The summed E-state index contributed by atoms with van der Waals surface area (Å²) in [5.41, 5.74) is 9.16. The number of nitrogens with zero attached hydrogens (tertiary/aromatic N) is 4. The smallest absolute Gasteiger partial charge is 0.156 e. The van der Waals surface area contributed by atoms with Gasteiger partial charge in [0.05, 0.1) is 24.6 Å². The van der Waals surface area contributed by atoms with Crippen molar-refractivity contribution in [2.24, 2.45) is 5.92 Å². The minimum Gasteiger partial charge on any atom is -0.378 e. The molecule has 2 aromatic heterocycles. The second-order valence-electron chi connectivity index (χ2n) is 9.78. The van der Waals surface area contributed by atoms with Gasteiger partial charge in [-0.15, -0.1) is 0 Å². The van der Waals surface area contributed by atoms with Crippen LogP contribution in [0.25, 0.3) is 23.2 Å². The van der Waals surface area contributed by atoms with Gasteiger partial charge in [0.25, 0.3) is 0 Å². The average molecular weight is 479 g/mol. The molecule has 36 heavy (non-hydrogen) atoms. The zero-order valence-electron chi connectivity index (χ0n) is 21.4. The Kier molecular flexibility index (Phi) is 7.01. The minimum atomic E-state index is 0.512. The molecule has 5 rings (SSSR count). The minimum absolute atomic E-state index is 0.512. The number of anilines is 1. The summed E-state index contributed by atoms with van der Waals surface area (Å²) in [6.45, 7) is 13.8. The number of rotatable bonds is 7. The number of pyridine rings is 1. The predicted octanol–water partition coefficient (Wildman–Crippen LogP) is 6.34. The number of hydrogen-bond acceptors (Lipinski definition) is 4. The maximum absolute atomic E-state index is 5.64. The number of hydrogen-bond donors (Lipinski definition) is 0. The normalized spacial score (nSPS) is 16.1. The molecule has 3 heterocycles. The number of benzene rings is 1. The van der Waals surface area contributed by atoms with Crippen LogP contribution in [0.2, 0.25) is 0 Å². The van der Waals surface area contributed by atoms with Crippen LogP contribution in [0.4, 0.5) is 5.69 Å². The molecule has 1 fully saturated rings. The molecule has 0 saturated carbocycles. The molecule has 0 amide bonds. The average Bonchev–Trinajstić information content (AvgIpc) is 3.54. The number of aryl methyl sites for hydroxylation is 1. The van der Waals surface area contributed by atoms with E-state index in [1.54, 1.807) is 0 Å².